The third kappa shape index (κ3) is 8.31. The molecule has 242 valence electrons. The van der Waals surface area contributed by atoms with Crippen LogP contribution in [0.15, 0.2) is 36.7 Å². The van der Waals surface area contributed by atoms with E-state index in [1.807, 2.05) is 65.8 Å². The van der Waals surface area contributed by atoms with Gasteiger partial charge in [-0.2, -0.15) is 0 Å². The van der Waals surface area contributed by atoms with Crippen molar-refractivity contribution in [2.75, 3.05) is 13.1 Å². The molecule has 10 nitrogen and oxygen atoms in total. The van der Waals surface area contributed by atoms with Gasteiger partial charge in [0.1, 0.15) is 34.2 Å². The second-order valence-corrected chi connectivity index (χ2v) is 14.4. The SMILES string of the molecule is CC1CC(c2ncc(C#Cc3ccc(C#Cc4cnc(C5CC(C)CN5C(=O)OC(C)(C)C)[nH]4)cc3)[nH]2)N(C(=O)OC(C)(C)C)C1. The molecule has 2 amide bonds. The van der Waals surface area contributed by atoms with Gasteiger partial charge < -0.3 is 19.4 Å². The number of H-pyrrole nitrogens is 2. The Morgan fingerprint density at radius 2 is 1.07 bits per heavy atom. The Morgan fingerprint density at radius 1 is 0.696 bits per heavy atom. The first-order valence-electron chi connectivity index (χ1n) is 15.9. The van der Waals surface area contributed by atoms with Gasteiger partial charge in [0.2, 0.25) is 0 Å². The van der Waals surface area contributed by atoms with Crippen LogP contribution < -0.4 is 0 Å². The molecule has 2 N–H and O–H groups in total. The number of benzene rings is 1. The summed E-state index contributed by atoms with van der Waals surface area (Å²) in [5.41, 5.74) is 1.93. The second kappa shape index (κ2) is 13.0. The number of hydrogen-bond acceptors (Lipinski definition) is 6. The first kappa shape index (κ1) is 32.7. The molecule has 46 heavy (non-hydrogen) atoms. The number of rotatable bonds is 2. The Morgan fingerprint density at radius 3 is 1.41 bits per heavy atom. The molecule has 2 aliphatic heterocycles. The molecular formula is C36H44N6O4. The van der Waals surface area contributed by atoms with Crippen molar-refractivity contribution < 1.29 is 19.1 Å². The van der Waals surface area contributed by atoms with Gasteiger partial charge in [0.25, 0.3) is 0 Å². The van der Waals surface area contributed by atoms with Crippen molar-refractivity contribution in [2.24, 2.45) is 11.8 Å². The summed E-state index contributed by atoms with van der Waals surface area (Å²) in [5.74, 6) is 14.8. The zero-order chi connectivity index (χ0) is 33.2. The first-order valence-corrected chi connectivity index (χ1v) is 15.9. The van der Waals surface area contributed by atoms with Crippen molar-refractivity contribution in [3.05, 3.63) is 70.8 Å². The molecule has 2 fully saturated rings. The molecule has 4 heterocycles. The number of nitrogens with one attached hydrogen (secondary N) is 2. The van der Waals surface area contributed by atoms with E-state index in [4.69, 9.17) is 9.47 Å². The van der Waals surface area contributed by atoms with E-state index in [1.54, 1.807) is 22.2 Å². The Balaban J connectivity index is 1.21. The number of hydrogen-bond donors (Lipinski definition) is 2. The van der Waals surface area contributed by atoms with Gasteiger partial charge in [-0.3, -0.25) is 9.80 Å². The molecule has 1 aromatic carbocycles. The Hall–Kier alpha value is -4.70. The van der Waals surface area contributed by atoms with E-state index in [0.29, 0.717) is 48.0 Å². The van der Waals surface area contributed by atoms with Crippen molar-refractivity contribution >= 4 is 12.2 Å². The molecule has 0 saturated carbocycles. The standard InChI is InChI=1S/C36H44N6O4/c1-23-17-29(41(21-23)33(43)45-35(3,4)5)31-37-19-27(39-31)15-13-25-9-11-26(12-10-25)14-16-28-20-38-32(40-28)30-18-24(2)22-42(30)34(44)46-36(6,7)8/h9-12,19-20,23-24,29-30H,17-18,21-22H2,1-8H3,(H,37,39)(H,38,40). The molecule has 2 aliphatic rings. The van der Waals surface area contributed by atoms with E-state index >= 15 is 0 Å². The van der Waals surface area contributed by atoms with Crippen LogP contribution in [0.1, 0.15) is 114 Å². The van der Waals surface area contributed by atoms with Gasteiger partial charge in [0, 0.05) is 24.2 Å². The molecule has 0 spiro atoms. The lowest BCUT2D eigenvalue weighted by Crippen LogP contribution is -2.37. The van der Waals surface area contributed by atoms with Crippen LogP contribution in [0.5, 0.6) is 0 Å². The fourth-order valence-corrected chi connectivity index (χ4v) is 5.71. The summed E-state index contributed by atoms with van der Waals surface area (Å²) in [6.45, 7) is 16.7. The summed E-state index contributed by atoms with van der Waals surface area (Å²) < 4.78 is 11.2. The summed E-state index contributed by atoms with van der Waals surface area (Å²) in [6.07, 6.45) is 4.38. The van der Waals surface area contributed by atoms with Crippen LogP contribution in [0, 0.1) is 35.5 Å². The maximum absolute atomic E-state index is 12.8. The fourth-order valence-electron chi connectivity index (χ4n) is 5.71. The highest BCUT2D eigenvalue weighted by Gasteiger charge is 2.39. The van der Waals surface area contributed by atoms with Crippen LogP contribution in [-0.4, -0.2) is 66.2 Å². The van der Waals surface area contributed by atoms with Crippen molar-refractivity contribution in [1.29, 1.82) is 0 Å². The minimum absolute atomic E-state index is 0.171. The van der Waals surface area contributed by atoms with Gasteiger partial charge in [0.15, 0.2) is 0 Å². The average Bonchev–Trinajstić information content (AvgIpc) is 3.75. The summed E-state index contributed by atoms with van der Waals surface area (Å²) in [7, 11) is 0. The maximum Gasteiger partial charge on any atom is 0.410 e. The highest BCUT2D eigenvalue weighted by Crippen LogP contribution is 2.36. The number of imidazole rings is 2. The third-order valence-electron chi connectivity index (χ3n) is 7.67. The minimum atomic E-state index is -0.557. The van der Waals surface area contributed by atoms with E-state index < -0.39 is 11.2 Å². The van der Waals surface area contributed by atoms with Gasteiger partial charge >= 0.3 is 12.2 Å². The lowest BCUT2D eigenvalue weighted by atomic mass is 10.1. The highest BCUT2D eigenvalue weighted by molar-refractivity contribution is 5.69. The van der Waals surface area contributed by atoms with Crippen LogP contribution in [0.4, 0.5) is 9.59 Å². The van der Waals surface area contributed by atoms with E-state index in [2.05, 4.69) is 57.5 Å². The number of likely N-dealkylation sites (tertiary alicyclic amines) is 2. The van der Waals surface area contributed by atoms with Gasteiger partial charge in [-0.25, -0.2) is 19.6 Å². The number of carbonyl (C=O) groups excluding carboxylic acids is 2. The normalized spacial score (nSPS) is 21.3. The van der Waals surface area contributed by atoms with E-state index in [-0.39, 0.29) is 24.3 Å². The number of nitrogens with zero attached hydrogens (tertiary/aromatic N) is 4. The predicted molar refractivity (Wildman–Crippen MR) is 175 cm³/mol. The fraction of sp³-hybridized carbons (Fsp3) is 0.500. The quantitative estimate of drug-likeness (QED) is 0.312. The van der Waals surface area contributed by atoms with Crippen LogP contribution in [0.25, 0.3) is 0 Å². The smallest absolute Gasteiger partial charge is 0.410 e. The van der Waals surface area contributed by atoms with Crippen molar-refractivity contribution in [3.8, 4) is 23.7 Å². The molecule has 2 saturated heterocycles. The average molecular weight is 625 g/mol. The van der Waals surface area contributed by atoms with Gasteiger partial charge in [-0.15, -0.1) is 0 Å². The monoisotopic (exact) mass is 624 g/mol. The van der Waals surface area contributed by atoms with Gasteiger partial charge in [0.05, 0.1) is 24.5 Å². The molecular weight excluding hydrogens is 580 g/mol. The molecule has 0 aliphatic carbocycles. The Labute approximate surface area is 271 Å². The Kier molecular flexibility index (Phi) is 9.21. The third-order valence-corrected chi connectivity index (χ3v) is 7.67. The summed E-state index contributed by atoms with van der Waals surface area (Å²) >= 11 is 0. The van der Waals surface area contributed by atoms with Crippen LogP contribution in [0.3, 0.4) is 0 Å². The minimum Gasteiger partial charge on any atom is -0.444 e. The topological polar surface area (TPSA) is 116 Å². The lowest BCUT2D eigenvalue weighted by molar-refractivity contribution is 0.0204. The van der Waals surface area contributed by atoms with Crippen LogP contribution in [-0.2, 0) is 9.47 Å². The van der Waals surface area contributed by atoms with Gasteiger partial charge in [-0.1, -0.05) is 25.7 Å². The number of aromatic amines is 2. The zero-order valence-electron chi connectivity index (χ0n) is 28.0. The predicted octanol–water partition coefficient (Wildman–Crippen LogP) is 6.57. The number of amides is 2. The van der Waals surface area contributed by atoms with Gasteiger partial charge in [-0.05, 0) is 102 Å². The van der Waals surface area contributed by atoms with Crippen molar-refractivity contribution in [3.63, 3.8) is 0 Å². The molecule has 0 bridgehead atoms. The Bertz CT molecular complexity index is 1560. The number of ether oxygens (including phenoxy) is 2. The second-order valence-electron chi connectivity index (χ2n) is 14.4. The lowest BCUT2D eigenvalue weighted by Gasteiger charge is -2.27. The van der Waals surface area contributed by atoms with Crippen molar-refractivity contribution in [2.45, 2.75) is 91.5 Å². The van der Waals surface area contributed by atoms with Crippen LogP contribution in [0.2, 0.25) is 0 Å². The molecule has 4 unspecified atom stereocenters. The number of carbonyl (C=O) groups is 2. The molecule has 3 aromatic rings. The number of aromatic nitrogens is 4. The van der Waals surface area contributed by atoms with Crippen molar-refractivity contribution in [1.82, 2.24) is 29.7 Å². The van der Waals surface area contributed by atoms with Crippen LogP contribution >= 0.6 is 0 Å². The summed E-state index contributed by atoms with van der Waals surface area (Å²) in [4.78, 5) is 44.8. The van der Waals surface area contributed by atoms with E-state index in [0.717, 1.165) is 24.0 Å². The highest BCUT2D eigenvalue weighted by atomic mass is 16.6. The summed E-state index contributed by atoms with van der Waals surface area (Å²) in [6, 6.07) is 7.36. The molecule has 5 rings (SSSR count). The van der Waals surface area contributed by atoms with E-state index in [1.165, 1.54) is 0 Å². The molecule has 10 heteroatoms. The zero-order valence-corrected chi connectivity index (χ0v) is 28.0. The summed E-state index contributed by atoms with van der Waals surface area (Å²) in [5, 5.41) is 0. The maximum atomic E-state index is 12.8. The molecule has 0 radical (unpaired) electrons. The largest absolute Gasteiger partial charge is 0.444 e. The molecule has 4 atom stereocenters. The molecule has 2 aromatic heterocycles. The van der Waals surface area contributed by atoms with E-state index in [9.17, 15) is 9.59 Å². The first-order chi connectivity index (χ1) is 21.6.